The van der Waals surface area contributed by atoms with Gasteiger partial charge in [-0.2, -0.15) is 0 Å². The average Bonchev–Trinajstić information content (AvgIpc) is 2.37. The molecule has 3 aromatic rings. The number of hydrogen-bond donors (Lipinski definition) is 1. The van der Waals surface area contributed by atoms with Crippen LogP contribution >= 0.6 is 0 Å². The zero-order valence-electron chi connectivity index (χ0n) is 10.4. The highest BCUT2D eigenvalue weighted by atomic mass is 16.5. The maximum Gasteiger partial charge on any atom is 0.165 e. The zero-order chi connectivity index (χ0) is 12.7. The lowest BCUT2D eigenvalue weighted by Gasteiger charge is -2.11. The van der Waals surface area contributed by atoms with Gasteiger partial charge in [0.2, 0.25) is 0 Å². The molecule has 90 valence electrons. The number of benzene rings is 3. The summed E-state index contributed by atoms with van der Waals surface area (Å²) >= 11 is 0. The Kier molecular flexibility index (Phi) is 2.37. The largest absolute Gasteiger partial charge is 0.504 e. The third-order valence-electron chi connectivity index (χ3n) is 3.32. The van der Waals surface area contributed by atoms with Gasteiger partial charge in [-0.05, 0) is 46.8 Å². The van der Waals surface area contributed by atoms with Crippen LogP contribution in [0.4, 0.5) is 0 Å². The second-order valence-corrected chi connectivity index (χ2v) is 4.50. The molecule has 1 N–H and O–H groups in total. The van der Waals surface area contributed by atoms with Crippen molar-refractivity contribution in [1.29, 1.82) is 0 Å². The van der Waals surface area contributed by atoms with Crippen LogP contribution in [0.1, 0.15) is 5.56 Å². The third kappa shape index (κ3) is 1.50. The fourth-order valence-electron chi connectivity index (χ4n) is 2.45. The molecule has 0 heterocycles. The van der Waals surface area contributed by atoms with Gasteiger partial charge in [-0.3, -0.25) is 0 Å². The SMILES string of the molecule is COc1c(C)cc2cc3ccccc3cc2c1O. The first kappa shape index (κ1) is 10.9. The van der Waals surface area contributed by atoms with E-state index in [2.05, 4.69) is 12.1 Å². The van der Waals surface area contributed by atoms with E-state index in [0.29, 0.717) is 5.75 Å². The molecule has 0 saturated carbocycles. The molecule has 0 aliphatic carbocycles. The summed E-state index contributed by atoms with van der Waals surface area (Å²) < 4.78 is 5.25. The fraction of sp³-hybridized carbons (Fsp3) is 0.125. The monoisotopic (exact) mass is 238 g/mol. The van der Waals surface area contributed by atoms with E-state index in [1.54, 1.807) is 7.11 Å². The number of methoxy groups -OCH3 is 1. The maximum atomic E-state index is 10.3. The summed E-state index contributed by atoms with van der Waals surface area (Å²) in [6, 6.07) is 14.3. The average molecular weight is 238 g/mol. The zero-order valence-corrected chi connectivity index (χ0v) is 10.4. The van der Waals surface area contributed by atoms with Crippen molar-refractivity contribution in [3.63, 3.8) is 0 Å². The molecule has 3 aromatic carbocycles. The molecule has 2 heteroatoms. The number of aromatic hydroxyl groups is 1. The van der Waals surface area contributed by atoms with E-state index in [4.69, 9.17) is 4.74 Å². The Hall–Kier alpha value is -2.22. The Morgan fingerprint density at radius 1 is 0.944 bits per heavy atom. The molecule has 0 atom stereocenters. The minimum Gasteiger partial charge on any atom is -0.504 e. The molecular formula is C16H14O2. The molecule has 0 aromatic heterocycles. The van der Waals surface area contributed by atoms with E-state index in [1.807, 2.05) is 37.3 Å². The van der Waals surface area contributed by atoms with E-state index in [0.717, 1.165) is 21.7 Å². The van der Waals surface area contributed by atoms with E-state index in [1.165, 1.54) is 5.39 Å². The molecule has 0 unspecified atom stereocenters. The van der Waals surface area contributed by atoms with E-state index >= 15 is 0 Å². The highest BCUT2D eigenvalue weighted by molar-refractivity contribution is 6.02. The maximum absolute atomic E-state index is 10.3. The fourth-order valence-corrected chi connectivity index (χ4v) is 2.45. The summed E-state index contributed by atoms with van der Waals surface area (Å²) in [6.07, 6.45) is 0. The van der Waals surface area contributed by atoms with Gasteiger partial charge in [-0.25, -0.2) is 0 Å². The molecular weight excluding hydrogens is 224 g/mol. The Balaban J connectivity index is 2.47. The highest BCUT2D eigenvalue weighted by Gasteiger charge is 2.11. The van der Waals surface area contributed by atoms with Crippen molar-refractivity contribution < 1.29 is 9.84 Å². The number of aryl methyl sites for hydroxylation is 1. The van der Waals surface area contributed by atoms with E-state index in [-0.39, 0.29) is 5.75 Å². The van der Waals surface area contributed by atoms with Crippen molar-refractivity contribution in [3.05, 3.63) is 48.0 Å². The van der Waals surface area contributed by atoms with Gasteiger partial charge in [0.1, 0.15) is 0 Å². The molecule has 0 saturated heterocycles. The Labute approximate surface area is 105 Å². The van der Waals surface area contributed by atoms with Crippen molar-refractivity contribution in [2.24, 2.45) is 0 Å². The van der Waals surface area contributed by atoms with Gasteiger partial charge in [-0.15, -0.1) is 0 Å². The van der Waals surface area contributed by atoms with Crippen molar-refractivity contribution in [3.8, 4) is 11.5 Å². The topological polar surface area (TPSA) is 29.5 Å². The van der Waals surface area contributed by atoms with Gasteiger partial charge in [-0.1, -0.05) is 24.3 Å². The molecule has 18 heavy (non-hydrogen) atoms. The van der Waals surface area contributed by atoms with Gasteiger partial charge < -0.3 is 9.84 Å². The summed E-state index contributed by atoms with van der Waals surface area (Å²) in [5.41, 5.74) is 0.942. The second kappa shape index (κ2) is 3.91. The smallest absolute Gasteiger partial charge is 0.165 e. The molecule has 2 nitrogen and oxygen atoms in total. The van der Waals surface area contributed by atoms with Crippen LogP contribution in [0.25, 0.3) is 21.5 Å². The highest BCUT2D eigenvalue weighted by Crippen LogP contribution is 2.39. The van der Waals surface area contributed by atoms with Crippen molar-refractivity contribution in [1.82, 2.24) is 0 Å². The van der Waals surface area contributed by atoms with Crippen molar-refractivity contribution in [2.45, 2.75) is 6.92 Å². The van der Waals surface area contributed by atoms with Gasteiger partial charge in [0.05, 0.1) is 7.11 Å². The number of phenols is 1. The lowest BCUT2D eigenvalue weighted by atomic mass is 10.0. The predicted molar refractivity (Wildman–Crippen MR) is 74.4 cm³/mol. The molecule has 0 aliphatic rings. The first-order valence-electron chi connectivity index (χ1n) is 5.90. The van der Waals surface area contributed by atoms with Gasteiger partial charge in [0.25, 0.3) is 0 Å². The van der Waals surface area contributed by atoms with Crippen LogP contribution in [0.5, 0.6) is 11.5 Å². The van der Waals surface area contributed by atoms with Crippen LogP contribution in [0.2, 0.25) is 0 Å². The van der Waals surface area contributed by atoms with Gasteiger partial charge in [0.15, 0.2) is 11.5 Å². The minimum atomic E-state index is 0.221. The number of fused-ring (bicyclic) bond motifs is 2. The molecule has 0 amide bonds. The van der Waals surface area contributed by atoms with Gasteiger partial charge >= 0.3 is 0 Å². The van der Waals surface area contributed by atoms with Crippen LogP contribution in [0.3, 0.4) is 0 Å². The van der Waals surface area contributed by atoms with Crippen molar-refractivity contribution >= 4 is 21.5 Å². The van der Waals surface area contributed by atoms with Crippen LogP contribution in [0, 0.1) is 6.92 Å². The first-order chi connectivity index (χ1) is 8.70. The third-order valence-corrected chi connectivity index (χ3v) is 3.32. The summed E-state index contributed by atoms with van der Waals surface area (Å²) in [5.74, 6) is 0.774. The van der Waals surface area contributed by atoms with Crippen LogP contribution in [0.15, 0.2) is 42.5 Å². The number of phenolic OH excluding ortho intramolecular Hbond substituents is 1. The van der Waals surface area contributed by atoms with Gasteiger partial charge in [0, 0.05) is 5.39 Å². The summed E-state index contributed by atoms with van der Waals surface area (Å²) in [5, 5.41) is 14.4. The van der Waals surface area contributed by atoms with E-state index in [9.17, 15) is 5.11 Å². The van der Waals surface area contributed by atoms with Crippen LogP contribution < -0.4 is 4.74 Å². The lowest BCUT2D eigenvalue weighted by molar-refractivity contribution is 0.374. The Morgan fingerprint density at radius 3 is 2.28 bits per heavy atom. The lowest BCUT2D eigenvalue weighted by Crippen LogP contribution is -1.89. The molecule has 3 rings (SSSR count). The quantitative estimate of drug-likeness (QED) is 0.649. The molecule has 0 bridgehead atoms. The second-order valence-electron chi connectivity index (χ2n) is 4.50. The standard InChI is InChI=1S/C16H14O2/c1-10-7-13-8-11-5-3-4-6-12(11)9-14(13)15(17)16(10)18-2/h3-9,17H,1-2H3. The van der Waals surface area contributed by atoms with E-state index < -0.39 is 0 Å². The minimum absolute atomic E-state index is 0.221. The summed E-state index contributed by atoms with van der Waals surface area (Å²) in [6.45, 7) is 1.94. The summed E-state index contributed by atoms with van der Waals surface area (Å²) in [4.78, 5) is 0. The number of hydrogen-bond acceptors (Lipinski definition) is 2. The number of ether oxygens (including phenoxy) is 1. The van der Waals surface area contributed by atoms with Crippen LogP contribution in [-0.2, 0) is 0 Å². The Morgan fingerprint density at radius 2 is 1.61 bits per heavy atom. The van der Waals surface area contributed by atoms with Crippen molar-refractivity contribution in [2.75, 3.05) is 7.11 Å². The predicted octanol–water partition coefficient (Wildman–Crippen LogP) is 4.02. The first-order valence-corrected chi connectivity index (χ1v) is 5.90. The molecule has 0 fully saturated rings. The van der Waals surface area contributed by atoms with Crippen LogP contribution in [-0.4, -0.2) is 12.2 Å². The number of rotatable bonds is 1. The summed E-state index contributed by atoms with van der Waals surface area (Å²) in [7, 11) is 1.58. The molecule has 0 aliphatic heterocycles. The molecule has 0 radical (unpaired) electrons. The Bertz CT molecular complexity index is 745. The normalized spacial score (nSPS) is 11.0. The molecule has 0 spiro atoms.